The third kappa shape index (κ3) is 5.38. The molecule has 1 aliphatic rings. The quantitative estimate of drug-likeness (QED) is 0.242. The van der Waals surface area contributed by atoms with Crippen LogP contribution in [0.3, 0.4) is 0 Å². The SMILES string of the molecule is Cc1cc2c(NCc3cc(C(=N)N)ccc3OCc3ccccc3)ncnc2cc1C(=O)N1CCCC1. The van der Waals surface area contributed by atoms with E-state index in [-0.39, 0.29) is 11.7 Å². The number of likely N-dealkylation sites (tertiary alicyclic amines) is 1. The van der Waals surface area contributed by atoms with Crippen molar-refractivity contribution in [1.29, 1.82) is 5.41 Å². The Labute approximate surface area is 216 Å². The van der Waals surface area contributed by atoms with E-state index in [4.69, 9.17) is 15.9 Å². The first-order valence-electron chi connectivity index (χ1n) is 12.4. The Bertz CT molecular complexity index is 1450. The topological polar surface area (TPSA) is 117 Å². The van der Waals surface area contributed by atoms with Crippen LogP contribution < -0.4 is 15.8 Å². The Morgan fingerprint density at radius 2 is 1.86 bits per heavy atom. The van der Waals surface area contributed by atoms with Gasteiger partial charge in [0.25, 0.3) is 5.91 Å². The summed E-state index contributed by atoms with van der Waals surface area (Å²) < 4.78 is 6.12. The summed E-state index contributed by atoms with van der Waals surface area (Å²) in [5, 5.41) is 12.1. The maximum atomic E-state index is 13.0. The van der Waals surface area contributed by atoms with Gasteiger partial charge in [-0.05, 0) is 61.2 Å². The van der Waals surface area contributed by atoms with E-state index in [1.807, 2.05) is 66.4 Å². The first kappa shape index (κ1) is 24.2. The van der Waals surface area contributed by atoms with Crippen molar-refractivity contribution >= 4 is 28.5 Å². The average molecular weight is 495 g/mol. The van der Waals surface area contributed by atoms with Crippen LogP contribution in [-0.4, -0.2) is 39.7 Å². The van der Waals surface area contributed by atoms with Crippen LogP contribution in [0, 0.1) is 12.3 Å². The lowest BCUT2D eigenvalue weighted by atomic mass is 10.0. The lowest BCUT2D eigenvalue weighted by Gasteiger charge is -2.18. The first-order chi connectivity index (χ1) is 18.0. The Hall–Kier alpha value is -4.46. The Morgan fingerprint density at radius 1 is 1.08 bits per heavy atom. The van der Waals surface area contributed by atoms with E-state index in [9.17, 15) is 4.79 Å². The lowest BCUT2D eigenvalue weighted by molar-refractivity contribution is 0.0792. The lowest BCUT2D eigenvalue weighted by Crippen LogP contribution is -2.28. The summed E-state index contributed by atoms with van der Waals surface area (Å²) in [6.07, 6.45) is 3.61. The van der Waals surface area contributed by atoms with Crippen molar-refractivity contribution in [2.45, 2.75) is 32.9 Å². The third-order valence-electron chi connectivity index (χ3n) is 6.66. The summed E-state index contributed by atoms with van der Waals surface area (Å²) in [6, 6.07) is 19.3. The number of nitrogens with one attached hydrogen (secondary N) is 2. The molecule has 8 nitrogen and oxygen atoms in total. The predicted molar refractivity (Wildman–Crippen MR) is 145 cm³/mol. The molecule has 0 spiro atoms. The molecule has 5 rings (SSSR count). The second-order valence-corrected chi connectivity index (χ2v) is 9.27. The van der Waals surface area contributed by atoms with Gasteiger partial charge < -0.3 is 20.7 Å². The summed E-state index contributed by atoms with van der Waals surface area (Å²) in [4.78, 5) is 23.8. The third-order valence-corrected chi connectivity index (χ3v) is 6.66. The molecule has 188 valence electrons. The zero-order valence-electron chi connectivity index (χ0n) is 20.8. The molecule has 0 saturated carbocycles. The van der Waals surface area contributed by atoms with Crippen molar-refractivity contribution in [1.82, 2.24) is 14.9 Å². The molecular weight excluding hydrogens is 464 g/mol. The van der Waals surface area contributed by atoms with Crippen LogP contribution in [0.25, 0.3) is 10.9 Å². The minimum absolute atomic E-state index is 0.00540. The van der Waals surface area contributed by atoms with Gasteiger partial charge in [-0.3, -0.25) is 10.2 Å². The summed E-state index contributed by atoms with van der Waals surface area (Å²) in [5.74, 6) is 1.42. The zero-order chi connectivity index (χ0) is 25.8. The van der Waals surface area contributed by atoms with Gasteiger partial charge in [-0.25, -0.2) is 9.97 Å². The molecule has 1 fully saturated rings. The smallest absolute Gasteiger partial charge is 0.254 e. The summed E-state index contributed by atoms with van der Waals surface area (Å²) in [6.45, 7) is 4.40. The number of ether oxygens (including phenoxy) is 1. The molecule has 1 aromatic heterocycles. The van der Waals surface area contributed by atoms with Gasteiger partial charge in [0.1, 0.15) is 30.3 Å². The molecule has 3 aromatic carbocycles. The number of anilines is 1. The van der Waals surface area contributed by atoms with Crippen LogP contribution in [0.5, 0.6) is 5.75 Å². The van der Waals surface area contributed by atoms with Gasteiger partial charge in [-0.15, -0.1) is 0 Å². The van der Waals surface area contributed by atoms with Crippen molar-refractivity contribution in [2.75, 3.05) is 18.4 Å². The maximum absolute atomic E-state index is 13.0. The Balaban J connectivity index is 1.40. The highest BCUT2D eigenvalue weighted by Gasteiger charge is 2.22. The van der Waals surface area contributed by atoms with Gasteiger partial charge in [0.15, 0.2) is 0 Å². The molecule has 0 aliphatic carbocycles. The number of nitrogens with zero attached hydrogens (tertiary/aromatic N) is 3. The predicted octanol–water partition coefficient (Wildman–Crippen LogP) is 4.65. The van der Waals surface area contributed by atoms with E-state index in [0.717, 1.165) is 48.0 Å². The number of hydrogen-bond donors (Lipinski definition) is 3. The van der Waals surface area contributed by atoms with E-state index in [2.05, 4.69) is 15.3 Å². The van der Waals surface area contributed by atoms with Crippen molar-refractivity contribution in [3.63, 3.8) is 0 Å². The second kappa shape index (κ2) is 10.7. The van der Waals surface area contributed by atoms with Gasteiger partial charge in [0, 0.05) is 41.7 Å². The molecule has 0 bridgehead atoms. The van der Waals surface area contributed by atoms with Gasteiger partial charge in [0.2, 0.25) is 0 Å². The highest BCUT2D eigenvalue weighted by molar-refractivity contribution is 6.01. The number of hydrogen-bond acceptors (Lipinski definition) is 6. The normalized spacial score (nSPS) is 13.1. The zero-order valence-corrected chi connectivity index (χ0v) is 20.8. The molecule has 1 amide bonds. The number of carbonyl (C=O) groups is 1. The minimum Gasteiger partial charge on any atom is -0.489 e. The summed E-state index contributed by atoms with van der Waals surface area (Å²) in [5.41, 5.74) is 10.6. The fourth-order valence-corrected chi connectivity index (χ4v) is 4.61. The number of amidine groups is 1. The molecule has 4 aromatic rings. The van der Waals surface area contributed by atoms with Crippen LogP contribution in [0.4, 0.5) is 5.82 Å². The second-order valence-electron chi connectivity index (χ2n) is 9.27. The molecule has 37 heavy (non-hydrogen) atoms. The number of carbonyl (C=O) groups excluding carboxylic acids is 1. The summed E-state index contributed by atoms with van der Waals surface area (Å²) >= 11 is 0. The number of aryl methyl sites for hydroxylation is 1. The largest absolute Gasteiger partial charge is 0.489 e. The van der Waals surface area contributed by atoms with Crippen LogP contribution in [-0.2, 0) is 13.2 Å². The average Bonchev–Trinajstić information content (AvgIpc) is 3.46. The van der Waals surface area contributed by atoms with E-state index in [1.165, 1.54) is 6.33 Å². The van der Waals surface area contributed by atoms with Gasteiger partial charge in [-0.1, -0.05) is 30.3 Å². The number of nitrogen functional groups attached to an aromatic ring is 1. The fourth-order valence-electron chi connectivity index (χ4n) is 4.61. The molecule has 1 saturated heterocycles. The molecule has 8 heteroatoms. The van der Waals surface area contributed by atoms with Gasteiger partial charge >= 0.3 is 0 Å². The minimum atomic E-state index is -0.00540. The van der Waals surface area contributed by atoms with E-state index in [1.54, 1.807) is 6.07 Å². The number of amides is 1. The number of rotatable bonds is 8. The number of benzene rings is 3. The molecule has 0 radical (unpaired) electrons. The molecule has 1 aliphatic heterocycles. The van der Waals surface area contributed by atoms with Gasteiger partial charge in [-0.2, -0.15) is 0 Å². The Morgan fingerprint density at radius 3 is 2.62 bits per heavy atom. The van der Waals surface area contributed by atoms with Crippen LogP contribution in [0.1, 0.15) is 45.5 Å². The summed E-state index contributed by atoms with van der Waals surface area (Å²) in [7, 11) is 0. The van der Waals surface area contributed by atoms with E-state index in [0.29, 0.717) is 41.4 Å². The van der Waals surface area contributed by atoms with Crippen molar-refractivity contribution < 1.29 is 9.53 Å². The molecular formula is C29H30N6O2. The van der Waals surface area contributed by atoms with Crippen LogP contribution >= 0.6 is 0 Å². The molecule has 2 heterocycles. The highest BCUT2D eigenvalue weighted by atomic mass is 16.5. The van der Waals surface area contributed by atoms with Crippen molar-refractivity contribution in [3.05, 3.63) is 94.8 Å². The van der Waals surface area contributed by atoms with Gasteiger partial charge in [0.05, 0.1) is 5.52 Å². The standard InChI is InChI=1S/C29H30N6O2/c1-19-13-24-25(15-23(19)29(36)35-11-5-6-12-35)33-18-34-28(24)32-16-22-14-21(27(30)31)9-10-26(22)37-17-20-7-3-2-4-8-20/h2-4,7-10,13-15,18H,5-6,11-12,16-17H2,1H3,(H3,30,31)(H,32,33,34). The molecule has 0 atom stereocenters. The number of fused-ring (bicyclic) bond motifs is 1. The molecule has 4 N–H and O–H groups in total. The fraction of sp³-hybridized carbons (Fsp3) is 0.241. The first-order valence-corrected chi connectivity index (χ1v) is 12.4. The van der Waals surface area contributed by atoms with Crippen molar-refractivity contribution in [2.24, 2.45) is 5.73 Å². The van der Waals surface area contributed by atoms with Crippen LogP contribution in [0.2, 0.25) is 0 Å². The van der Waals surface area contributed by atoms with E-state index >= 15 is 0 Å². The van der Waals surface area contributed by atoms with E-state index < -0.39 is 0 Å². The highest BCUT2D eigenvalue weighted by Crippen LogP contribution is 2.27. The monoisotopic (exact) mass is 494 g/mol. The number of nitrogens with two attached hydrogens (primary N) is 1. The number of aromatic nitrogens is 2. The Kier molecular flexibility index (Phi) is 6.98. The van der Waals surface area contributed by atoms with Crippen molar-refractivity contribution in [3.8, 4) is 5.75 Å². The maximum Gasteiger partial charge on any atom is 0.254 e. The molecule has 0 unspecified atom stereocenters. The van der Waals surface area contributed by atoms with Crippen LogP contribution in [0.15, 0.2) is 67.0 Å².